The predicted molar refractivity (Wildman–Crippen MR) is 88.7 cm³/mol. The number of allylic oxidation sites excluding steroid dienone is 1. The van der Waals surface area contributed by atoms with Crippen LogP contribution in [0.3, 0.4) is 0 Å². The molecule has 0 aliphatic heterocycles. The second-order valence-corrected chi connectivity index (χ2v) is 5.77. The fraction of sp³-hybridized carbons (Fsp3) is 0.350. The highest BCUT2D eigenvalue weighted by atomic mass is 14.2. The zero-order valence-corrected chi connectivity index (χ0v) is 12.4. The number of benzene rings is 2. The van der Waals surface area contributed by atoms with Crippen LogP contribution in [0.25, 0.3) is 16.8 Å². The zero-order chi connectivity index (χ0) is 13.8. The maximum absolute atomic E-state index is 2.33. The molecule has 0 spiro atoms. The molecule has 1 aliphatic carbocycles. The van der Waals surface area contributed by atoms with Crippen LogP contribution in [0, 0.1) is 5.92 Å². The molecule has 0 aromatic heterocycles. The molecular weight excluding hydrogens is 240 g/mol. The summed E-state index contributed by atoms with van der Waals surface area (Å²) in [5.74, 6) is 1.54. The molecule has 0 N–H and O–H groups in total. The van der Waals surface area contributed by atoms with E-state index in [0.717, 1.165) is 0 Å². The normalized spacial score (nSPS) is 14.1. The average molecular weight is 263 g/mol. The van der Waals surface area contributed by atoms with Gasteiger partial charge in [-0.05, 0) is 28.3 Å². The Hall–Kier alpha value is -1.56. The van der Waals surface area contributed by atoms with Crippen molar-refractivity contribution in [2.24, 2.45) is 0 Å². The Morgan fingerprint density at radius 2 is 1.65 bits per heavy atom. The highest BCUT2D eigenvalue weighted by Crippen LogP contribution is 2.38. The number of hydrogen-bond acceptors (Lipinski definition) is 0. The molecule has 20 heavy (non-hydrogen) atoms. The van der Waals surface area contributed by atoms with E-state index in [2.05, 4.69) is 55.5 Å². The molecule has 0 atom stereocenters. The van der Waals surface area contributed by atoms with Gasteiger partial charge in [0.15, 0.2) is 0 Å². The van der Waals surface area contributed by atoms with Crippen molar-refractivity contribution in [3.05, 3.63) is 59.5 Å². The van der Waals surface area contributed by atoms with Gasteiger partial charge in [-0.25, -0.2) is 0 Å². The quantitative estimate of drug-likeness (QED) is 0.548. The Bertz CT molecular complexity index is 606. The van der Waals surface area contributed by atoms with E-state index in [4.69, 9.17) is 0 Å². The van der Waals surface area contributed by atoms with Crippen LogP contribution in [-0.4, -0.2) is 0 Å². The first-order valence-electron chi connectivity index (χ1n) is 7.96. The number of rotatable bonds is 6. The molecular formula is C20H23. The molecule has 0 saturated carbocycles. The van der Waals surface area contributed by atoms with Gasteiger partial charge in [0.1, 0.15) is 0 Å². The Kier molecular flexibility index (Phi) is 4.20. The van der Waals surface area contributed by atoms with Crippen LogP contribution < -0.4 is 0 Å². The van der Waals surface area contributed by atoms with Gasteiger partial charge in [0.25, 0.3) is 0 Å². The third-order valence-electron chi connectivity index (χ3n) is 4.30. The van der Waals surface area contributed by atoms with Crippen LogP contribution >= 0.6 is 0 Å². The molecule has 0 unspecified atom stereocenters. The third kappa shape index (κ3) is 2.65. The smallest absolute Gasteiger partial charge is 0.0279 e. The van der Waals surface area contributed by atoms with Gasteiger partial charge in [0.05, 0.1) is 0 Å². The standard InChI is InChI=1S/C20H23/c1-2-3-4-5-6-10-17-14-15-18-13-12-16-9-7-8-11-19(16)20(17)18/h7-9,11-15H,2-6,10H2,1H3. The van der Waals surface area contributed by atoms with E-state index < -0.39 is 0 Å². The van der Waals surface area contributed by atoms with E-state index >= 15 is 0 Å². The minimum atomic E-state index is 1.22. The fourth-order valence-electron chi connectivity index (χ4n) is 3.19. The predicted octanol–water partition coefficient (Wildman–Crippen LogP) is 6.15. The topological polar surface area (TPSA) is 0 Å². The molecule has 1 radical (unpaired) electrons. The molecule has 0 heterocycles. The first-order valence-corrected chi connectivity index (χ1v) is 7.96. The summed E-state index contributed by atoms with van der Waals surface area (Å²) < 4.78 is 0. The van der Waals surface area contributed by atoms with Gasteiger partial charge >= 0.3 is 0 Å². The summed E-state index contributed by atoms with van der Waals surface area (Å²) >= 11 is 0. The van der Waals surface area contributed by atoms with Gasteiger partial charge in [-0.1, -0.05) is 87.6 Å². The monoisotopic (exact) mass is 263 g/mol. The van der Waals surface area contributed by atoms with Crippen molar-refractivity contribution in [1.82, 2.24) is 0 Å². The summed E-state index contributed by atoms with van der Waals surface area (Å²) in [7, 11) is 0. The van der Waals surface area contributed by atoms with E-state index in [1.807, 2.05) is 0 Å². The largest absolute Gasteiger partial charge is 0.0721 e. The third-order valence-corrected chi connectivity index (χ3v) is 4.30. The van der Waals surface area contributed by atoms with Crippen molar-refractivity contribution in [2.75, 3.05) is 0 Å². The van der Waals surface area contributed by atoms with Gasteiger partial charge < -0.3 is 0 Å². The molecule has 0 saturated heterocycles. The lowest BCUT2D eigenvalue weighted by atomic mass is 9.90. The van der Waals surface area contributed by atoms with E-state index in [1.54, 1.807) is 0 Å². The minimum absolute atomic E-state index is 1.22. The number of hydrogen-bond donors (Lipinski definition) is 0. The summed E-state index contributed by atoms with van der Waals surface area (Å²) in [6, 6.07) is 13.3. The molecule has 3 rings (SSSR count). The van der Waals surface area contributed by atoms with Gasteiger partial charge in [0.2, 0.25) is 0 Å². The molecule has 103 valence electrons. The molecule has 0 amide bonds. The molecule has 2 aromatic carbocycles. The Morgan fingerprint density at radius 3 is 2.55 bits per heavy atom. The lowest BCUT2D eigenvalue weighted by Crippen LogP contribution is -1.96. The van der Waals surface area contributed by atoms with Crippen LogP contribution in [0.1, 0.15) is 56.6 Å². The van der Waals surface area contributed by atoms with Gasteiger partial charge in [0, 0.05) is 5.92 Å². The van der Waals surface area contributed by atoms with Crippen molar-refractivity contribution in [3.8, 4) is 0 Å². The molecule has 2 aromatic rings. The maximum Gasteiger partial charge on any atom is 0.0279 e. The molecule has 0 heteroatoms. The minimum Gasteiger partial charge on any atom is -0.0721 e. The van der Waals surface area contributed by atoms with Crippen molar-refractivity contribution in [3.63, 3.8) is 0 Å². The molecule has 1 aliphatic rings. The van der Waals surface area contributed by atoms with E-state index in [1.165, 1.54) is 66.3 Å². The highest BCUT2D eigenvalue weighted by molar-refractivity contribution is 5.93. The molecule has 0 nitrogen and oxygen atoms in total. The first kappa shape index (κ1) is 13.4. The summed E-state index contributed by atoms with van der Waals surface area (Å²) in [6.07, 6.45) is 12.6. The van der Waals surface area contributed by atoms with Crippen LogP contribution in [0.5, 0.6) is 0 Å². The van der Waals surface area contributed by atoms with Crippen molar-refractivity contribution in [1.29, 1.82) is 0 Å². The van der Waals surface area contributed by atoms with Crippen LogP contribution in [0.4, 0.5) is 0 Å². The Labute approximate surface area is 122 Å². The van der Waals surface area contributed by atoms with Gasteiger partial charge in [-0.15, -0.1) is 0 Å². The lowest BCUT2D eigenvalue weighted by Gasteiger charge is -2.13. The summed E-state index contributed by atoms with van der Waals surface area (Å²) in [5, 5.41) is 2.77. The Balaban J connectivity index is 1.75. The maximum atomic E-state index is 2.33. The first-order chi connectivity index (χ1) is 9.90. The highest BCUT2D eigenvalue weighted by Gasteiger charge is 2.19. The van der Waals surface area contributed by atoms with Crippen molar-refractivity contribution < 1.29 is 0 Å². The van der Waals surface area contributed by atoms with Crippen LogP contribution in [0.15, 0.2) is 42.5 Å². The van der Waals surface area contributed by atoms with E-state index in [9.17, 15) is 0 Å². The Morgan fingerprint density at radius 1 is 0.800 bits per heavy atom. The summed E-state index contributed by atoms with van der Waals surface area (Å²) in [6.45, 7) is 2.27. The summed E-state index contributed by atoms with van der Waals surface area (Å²) in [4.78, 5) is 0. The fourth-order valence-corrected chi connectivity index (χ4v) is 3.19. The number of unbranched alkanes of at least 4 members (excludes halogenated alkanes) is 4. The second-order valence-electron chi connectivity index (χ2n) is 5.77. The molecule has 0 bridgehead atoms. The number of fused-ring (bicyclic) bond motifs is 3. The van der Waals surface area contributed by atoms with Gasteiger partial charge in [-0.2, -0.15) is 0 Å². The van der Waals surface area contributed by atoms with Crippen LogP contribution in [0.2, 0.25) is 0 Å². The van der Waals surface area contributed by atoms with E-state index in [0.29, 0.717) is 0 Å². The zero-order valence-electron chi connectivity index (χ0n) is 12.4. The average Bonchev–Trinajstić information content (AvgIpc) is 2.91. The second kappa shape index (κ2) is 6.26. The van der Waals surface area contributed by atoms with Crippen molar-refractivity contribution >= 4 is 16.8 Å². The van der Waals surface area contributed by atoms with Crippen molar-refractivity contribution in [2.45, 2.75) is 45.4 Å². The van der Waals surface area contributed by atoms with E-state index in [-0.39, 0.29) is 0 Å². The summed E-state index contributed by atoms with van der Waals surface area (Å²) in [5.41, 5.74) is 2.88. The SMILES string of the molecule is CCCCCCC[C]1C=Cc2ccc3ccccc3c21. The van der Waals surface area contributed by atoms with Crippen LogP contribution in [-0.2, 0) is 0 Å². The lowest BCUT2D eigenvalue weighted by molar-refractivity contribution is 0.624. The van der Waals surface area contributed by atoms with Gasteiger partial charge in [-0.3, -0.25) is 0 Å². The molecule has 0 fully saturated rings.